The van der Waals surface area contributed by atoms with E-state index in [1.165, 1.54) is 0 Å². The summed E-state index contributed by atoms with van der Waals surface area (Å²) < 4.78 is 0. The standard InChI is InChI=1S/C6H13O.C3H4O4.Mg/c1-4-6(3,7)5-2;4-2(5)1-3(6)7;/h4-5H2,1-3H3;1H2,(H,4,5)(H,6,7);/q-1;;+2/p-2. The van der Waals surface area contributed by atoms with Gasteiger partial charge in [-0.3, -0.25) is 0 Å². The topological polar surface area (TPSA) is 103 Å². The Hall–Kier alpha value is -0.334. The fourth-order valence-electron chi connectivity index (χ4n) is 0.368. The van der Waals surface area contributed by atoms with Gasteiger partial charge in [0, 0.05) is 18.4 Å². The quantitative estimate of drug-likeness (QED) is 0.388. The van der Waals surface area contributed by atoms with Gasteiger partial charge in [-0.1, -0.05) is 33.6 Å². The summed E-state index contributed by atoms with van der Waals surface area (Å²) in [7, 11) is 0. The molecule has 0 fully saturated rings. The first-order valence-corrected chi connectivity index (χ1v) is 4.35. The summed E-state index contributed by atoms with van der Waals surface area (Å²) in [5.74, 6) is -3.25. The Balaban J connectivity index is -0.000000180. The second-order valence-corrected chi connectivity index (χ2v) is 3.08. The minimum atomic E-state index is -1.63. The van der Waals surface area contributed by atoms with E-state index < -0.39 is 24.0 Å². The van der Waals surface area contributed by atoms with Gasteiger partial charge >= 0.3 is 23.1 Å². The van der Waals surface area contributed by atoms with E-state index in [0.717, 1.165) is 12.8 Å². The Bertz CT molecular complexity index is 173. The number of hydrogen-bond donors (Lipinski definition) is 0. The summed E-state index contributed by atoms with van der Waals surface area (Å²) in [5.41, 5.74) is -0.667. The van der Waals surface area contributed by atoms with Crippen LogP contribution < -0.4 is 15.3 Å². The zero-order valence-corrected chi connectivity index (χ0v) is 10.8. The van der Waals surface area contributed by atoms with E-state index >= 15 is 0 Å². The summed E-state index contributed by atoms with van der Waals surface area (Å²) in [6.07, 6.45) is 0.451. The maximum absolute atomic E-state index is 10.8. The van der Waals surface area contributed by atoms with Gasteiger partial charge in [0.15, 0.2) is 0 Å². The van der Waals surface area contributed by atoms with Crippen molar-refractivity contribution in [1.29, 1.82) is 0 Å². The van der Waals surface area contributed by atoms with Gasteiger partial charge in [0.05, 0.1) is 0 Å². The molecule has 0 saturated heterocycles. The Morgan fingerprint density at radius 3 is 1.33 bits per heavy atom. The van der Waals surface area contributed by atoms with E-state index in [2.05, 4.69) is 0 Å². The molecule has 0 aromatic heterocycles. The van der Waals surface area contributed by atoms with Crippen LogP contribution in [-0.4, -0.2) is 40.6 Å². The predicted molar refractivity (Wildman–Crippen MR) is 49.4 cm³/mol. The number of carbonyl (C=O) groups excluding carboxylic acids is 2. The third-order valence-corrected chi connectivity index (χ3v) is 1.78. The van der Waals surface area contributed by atoms with Gasteiger partial charge in [0.25, 0.3) is 0 Å². The third kappa shape index (κ3) is 19.9. The number of aliphatic carboxylic acids is 2. The number of carboxylic acid groups (broad SMARTS) is 2. The maximum Gasteiger partial charge on any atom is 2.00 e. The fraction of sp³-hybridized carbons (Fsp3) is 0.778. The molecule has 0 aliphatic carbocycles. The van der Waals surface area contributed by atoms with Crippen LogP contribution in [0.2, 0.25) is 0 Å². The van der Waals surface area contributed by atoms with Gasteiger partial charge in [-0.25, -0.2) is 0 Å². The molecule has 0 spiro atoms. The molecule has 0 amide bonds. The van der Waals surface area contributed by atoms with E-state index in [1.54, 1.807) is 6.92 Å². The van der Waals surface area contributed by atoms with E-state index in [0.29, 0.717) is 0 Å². The predicted octanol–water partition coefficient (Wildman–Crippen LogP) is -2.58. The van der Waals surface area contributed by atoms with Crippen molar-refractivity contribution < 1.29 is 24.9 Å². The minimum absolute atomic E-state index is 0. The molecule has 0 unspecified atom stereocenters. The summed E-state index contributed by atoms with van der Waals surface area (Å²) in [6.45, 7) is 5.60. The monoisotopic (exact) mass is 227 g/mol. The molecule has 0 aliphatic heterocycles. The zero-order chi connectivity index (χ0) is 11.8. The number of carbonyl (C=O) groups is 2. The van der Waals surface area contributed by atoms with Gasteiger partial charge in [-0.2, -0.15) is 0 Å². The van der Waals surface area contributed by atoms with Gasteiger partial charge < -0.3 is 24.9 Å². The third-order valence-electron chi connectivity index (χ3n) is 1.78. The molecule has 0 N–H and O–H groups in total. The van der Waals surface area contributed by atoms with E-state index in [9.17, 15) is 24.9 Å². The molecule has 5 nitrogen and oxygen atoms in total. The Morgan fingerprint density at radius 1 is 1.07 bits per heavy atom. The van der Waals surface area contributed by atoms with E-state index in [1.807, 2.05) is 13.8 Å². The molecule has 0 aliphatic rings. The molecule has 0 heterocycles. The molecule has 0 atom stereocenters. The van der Waals surface area contributed by atoms with Gasteiger partial charge in [-0.15, -0.1) is 5.60 Å². The van der Waals surface area contributed by atoms with Crippen LogP contribution >= 0.6 is 0 Å². The van der Waals surface area contributed by atoms with Crippen LogP contribution in [0.1, 0.15) is 40.0 Å². The molecular weight excluding hydrogens is 212 g/mol. The summed E-state index contributed by atoms with van der Waals surface area (Å²) in [4.78, 5) is 18.6. The Morgan fingerprint density at radius 2 is 1.33 bits per heavy atom. The van der Waals surface area contributed by atoms with Gasteiger partial charge in [0.2, 0.25) is 0 Å². The van der Waals surface area contributed by atoms with Crippen molar-refractivity contribution in [2.75, 3.05) is 0 Å². The summed E-state index contributed by atoms with van der Waals surface area (Å²) in [5, 5.41) is 29.4. The van der Waals surface area contributed by atoms with Crippen molar-refractivity contribution in [3.05, 3.63) is 0 Å². The maximum atomic E-state index is 10.8. The SMILES string of the molecule is CCC(C)([O-])CC.O=C([O-])CC(=O)[O-].[Mg+2]. The molecule has 0 radical (unpaired) electrons. The van der Waals surface area contributed by atoms with Crippen LogP contribution in [0.15, 0.2) is 0 Å². The Labute approximate surface area is 106 Å². The number of hydrogen-bond acceptors (Lipinski definition) is 5. The number of carboxylic acids is 2. The van der Waals surface area contributed by atoms with Crippen LogP contribution in [0.4, 0.5) is 0 Å². The summed E-state index contributed by atoms with van der Waals surface area (Å²) >= 11 is 0. The average Bonchev–Trinajstić information content (AvgIpc) is 2.03. The van der Waals surface area contributed by atoms with Gasteiger partial charge in [-0.05, 0) is 0 Å². The molecule has 84 valence electrons. The first-order chi connectivity index (χ1) is 6.25. The molecule has 0 saturated carbocycles. The number of rotatable bonds is 4. The van der Waals surface area contributed by atoms with E-state index in [4.69, 9.17) is 0 Å². The Kier molecular flexibility index (Phi) is 13.7. The second-order valence-electron chi connectivity index (χ2n) is 3.08. The largest absolute Gasteiger partial charge is 2.00 e. The molecule has 15 heavy (non-hydrogen) atoms. The first-order valence-electron chi connectivity index (χ1n) is 4.35. The molecule has 0 rings (SSSR count). The molecule has 6 heteroatoms. The molecule has 0 aromatic carbocycles. The van der Waals surface area contributed by atoms with Crippen molar-refractivity contribution >= 4 is 35.0 Å². The second kappa shape index (κ2) is 10.2. The molecular formula is C9H15MgO5-. The summed E-state index contributed by atoms with van der Waals surface area (Å²) in [6, 6.07) is 0. The zero-order valence-electron chi connectivity index (χ0n) is 9.37. The molecule has 0 bridgehead atoms. The normalized spacial score (nSPS) is 9.33. The van der Waals surface area contributed by atoms with Crippen molar-refractivity contribution in [2.24, 2.45) is 0 Å². The van der Waals surface area contributed by atoms with Crippen molar-refractivity contribution in [3.63, 3.8) is 0 Å². The van der Waals surface area contributed by atoms with Crippen molar-refractivity contribution in [3.8, 4) is 0 Å². The van der Waals surface area contributed by atoms with Gasteiger partial charge in [0.1, 0.15) is 0 Å². The average molecular weight is 228 g/mol. The van der Waals surface area contributed by atoms with Crippen LogP contribution in [0.3, 0.4) is 0 Å². The molecule has 0 aromatic rings. The van der Waals surface area contributed by atoms with Crippen molar-refractivity contribution in [2.45, 2.75) is 45.6 Å². The van der Waals surface area contributed by atoms with E-state index in [-0.39, 0.29) is 23.1 Å². The van der Waals surface area contributed by atoms with Crippen LogP contribution in [0.5, 0.6) is 0 Å². The smallest absolute Gasteiger partial charge is 0.850 e. The first kappa shape index (κ1) is 20.1. The van der Waals surface area contributed by atoms with Crippen LogP contribution in [-0.2, 0) is 9.59 Å². The van der Waals surface area contributed by atoms with Crippen molar-refractivity contribution in [1.82, 2.24) is 0 Å². The fourth-order valence-corrected chi connectivity index (χ4v) is 0.368. The van der Waals surface area contributed by atoms with Crippen LogP contribution in [0, 0.1) is 0 Å². The minimum Gasteiger partial charge on any atom is -0.850 e. The van der Waals surface area contributed by atoms with Crippen LogP contribution in [0.25, 0.3) is 0 Å².